The normalized spacial score (nSPS) is 19.5. The van der Waals surface area contributed by atoms with Crippen LogP contribution >= 0.6 is 0 Å². The number of methoxy groups -OCH3 is 1. The van der Waals surface area contributed by atoms with E-state index in [0.29, 0.717) is 18.5 Å². The van der Waals surface area contributed by atoms with Gasteiger partial charge in [-0.3, -0.25) is 9.89 Å². The third kappa shape index (κ3) is 4.87. The zero-order valence-electron chi connectivity index (χ0n) is 15.5. The van der Waals surface area contributed by atoms with Gasteiger partial charge >= 0.3 is 0 Å². The molecule has 0 bridgehead atoms. The maximum absolute atomic E-state index is 6.08. The van der Waals surface area contributed by atoms with Crippen LogP contribution in [0.1, 0.15) is 39.2 Å². The first-order chi connectivity index (χ1) is 11.5. The smallest absolute Gasteiger partial charge is 0.188 e. The predicted molar refractivity (Wildman–Crippen MR) is 101 cm³/mol. The SMILES string of the molecule is CCN1CCCC1CNC(N)=NCC(C)(C)c1cccc(OC)c1. The van der Waals surface area contributed by atoms with Crippen molar-refractivity contribution < 1.29 is 4.74 Å². The fourth-order valence-corrected chi connectivity index (χ4v) is 3.24. The number of aliphatic imine (C=N–C) groups is 1. The highest BCUT2D eigenvalue weighted by atomic mass is 16.5. The van der Waals surface area contributed by atoms with Crippen LogP contribution in [-0.2, 0) is 5.41 Å². The third-order valence-electron chi connectivity index (χ3n) is 4.92. The van der Waals surface area contributed by atoms with E-state index in [4.69, 9.17) is 10.5 Å². The third-order valence-corrected chi connectivity index (χ3v) is 4.92. The van der Waals surface area contributed by atoms with Gasteiger partial charge < -0.3 is 15.8 Å². The molecule has 1 unspecified atom stereocenters. The second kappa shape index (κ2) is 8.38. The zero-order valence-corrected chi connectivity index (χ0v) is 15.5. The molecule has 0 aromatic heterocycles. The molecule has 1 fully saturated rings. The molecule has 0 spiro atoms. The average molecular weight is 332 g/mol. The van der Waals surface area contributed by atoms with Gasteiger partial charge in [0.05, 0.1) is 13.7 Å². The Labute approximate surface area is 146 Å². The molecule has 1 aliphatic rings. The molecule has 0 amide bonds. The summed E-state index contributed by atoms with van der Waals surface area (Å²) in [7, 11) is 1.69. The van der Waals surface area contributed by atoms with Crippen molar-refractivity contribution >= 4 is 5.96 Å². The zero-order chi connectivity index (χ0) is 17.6. The van der Waals surface area contributed by atoms with E-state index in [-0.39, 0.29) is 5.41 Å². The highest BCUT2D eigenvalue weighted by Crippen LogP contribution is 2.26. The van der Waals surface area contributed by atoms with E-state index >= 15 is 0 Å². The minimum absolute atomic E-state index is 0.0936. The molecule has 1 aliphatic heterocycles. The van der Waals surface area contributed by atoms with Crippen LogP contribution in [0.2, 0.25) is 0 Å². The molecule has 0 radical (unpaired) electrons. The summed E-state index contributed by atoms with van der Waals surface area (Å²) in [6.07, 6.45) is 2.52. The fourth-order valence-electron chi connectivity index (χ4n) is 3.24. The number of likely N-dealkylation sites (N-methyl/N-ethyl adjacent to an activating group) is 1. The number of guanidine groups is 1. The van der Waals surface area contributed by atoms with Gasteiger partial charge in [-0.15, -0.1) is 0 Å². The van der Waals surface area contributed by atoms with Gasteiger partial charge in [0.2, 0.25) is 0 Å². The van der Waals surface area contributed by atoms with E-state index in [1.807, 2.05) is 12.1 Å². The number of hydrogen-bond acceptors (Lipinski definition) is 3. The van der Waals surface area contributed by atoms with Crippen LogP contribution < -0.4 is 15.8 Å². The average Bonchev–Trinajstić information content (AvgIpc) is 3.06. The first-order valence-electron chi connectivity index (χ1n) is 8.88. The summed E-state index contributed by atoms with van der Waals surface area (Å²) < 4.78 is 5.31. The van der Waals surface area contributed by atoms with Gasteiger partial charge in [0.1, 0.15) is 5.75 Å². The number of rotatable bonds is 7. The topological polar surface area (TPSA) is 62.9 Å². The van der Waals surface area contributed by atoms with Crippen LogP contribution in [0.5, 0.6) is 5.75 Å². The molecule has 1 heterocycles. The molecule has 3 N–H and O–H groups in total. The van der Waals surface area contributed by atoms with Crippen molar-refractivity contribution in [1.29, 1.82) is 0 Å². The number of nitrogens with one attached hydrogen (secondary N) is 1. The van der Waals surface area contributed by atoms with Gasteiger partial charge in [-0.05, 0) is 43.6 Å². The Kier molecular flexibility index (Phi) is 6.49. The molecule has 0 aliphatic carbocycles. The van der Waals surface area contributed by atoms with Crippen LogP contribution in [0.25, 0.3) is 0 Å². The lowest BCUT2D eigenvalue weighted by Gasteiger charge is -2.25. The summed E-state index contributed by atoms with van der Waals surface area (Å²) in [5.74, 6) is 1.41. The van der Waals surface area contributed by atoms with Crippen molar-refractivity contribution in [3.05, 3.63) is 29.8 Å². The maximum Gasteiger partial charge on any atom is 0.188 e. The standard InChI is InChI=1S/C19H32N4O/c1-5-23-11-7-9-16(23)13-21-18(20)22-14-19(2,3)15-8-6-10-17(12-15)24-4/h6,8,10,12,16H,5,7,9,11,13-14H2,1-4H3,(H3,20,21,22). The Morgan fingerprint density at radius 3 is 2.96 bits per heavy atom. The fraction of sp³-hybridized carbons (Fsp3) is 0.632. The predicted octanol–water partition coefficient (Wildman–Crippen LogP) is 2.36. The van der Waals surface area contributed by atoms with Crippen LogP contribution in [-0.4, -0.2) is 50.2 Å². The van der Waals surface area contributed by atoms with Crippen molar-refractivity contribution in [2.75, 3.05) is 33.3 Å². The minimum Gasteiger partial charge on any atom is -0.497 e. The summed E-state index contributed by atoms with van der Waals surface area (Å²) in [4.78, 5) is 7.06. The van der Waals surface area contributed by atoms with Crippen LogP contribution in [0.15, 0.2) is 29.3 Å². The first kappa shape index (κ1) is 18.6. The van der Waals surface area contributed by atoms with Gasteiger partial charge in [-0.1, -0.05) is 32.9 Å². The van der Waals surface area contributed by atoms with E-state index in [0.717, 1.165) is 18.8 Å². The summed E-state index contributed by atoms with van der Waals surface area (Å²) in [6, 6.07) is 8.73. The molecular weight excluding hydrogens is 300 g/mol. The lowest BCUT2D eigenvalue weighted by molar-refractivity contribution is 0.267. The lowest BCUT2D eigenvalue weighted by atomic mass is 9.85. The Morgan fingerprint density at radius 1 is 1.46 bits per heavy atom. The van der Waals surface area contributed by atoms with Crippen molar-refractivity contribution in [3.63, 3.8) is 0 Å². The summed E-state index contributed by atoms with van der Waals surface area (Å²) in [6.45, 7) is 10.4. The Morgan fingerprint density at radius 2 is 2.25 bits per heavy atom. The van der Waals surface area contributed by atoms with E-state index in [9.17, 15) is 0 Å². The van der Waals surface area contributed by atoms with E-state index in [1.54, 1.807) is 7.11 Å². The van der Waals surface area contributed by atoms with Crippen molar-refractivity contribution in [1.82, 2.24) is 10.2 Å². The molecule has 1 atom stereocenters. The summed E-state index contributed by atoms with van der Waals surface area (Å²) in [5.41, 5.74) is 7.18. The van der Waals surface area contributed by atoms with Crippen molar-refractivity contribution in [2.45, 2.75) is 45.1 Å². The maximum atomic E-state index is 6.08. The molecule has 0 saturated carbocycles. The minimum atomic E-state index is -0.0936. The van der Waals surface area contributed by atoms with Crippen molar-refractivity contribution in [2.24, 2.45) is 10.7 Å². The highest BCUT2D eigenvalue weighted by molar-refractivity contribution is 5.77. The Hall–Kier alpha value is -1.75. The molecule has 1 aromatic carbocycles. The second-order valence-corrected chi connectivity index (χ2v) is 7.12. The summed E-state index contributed by atoms with van der Waals surface area (Å²) >= 11 is 0. The number of nitrogens with two attached hydrogens (primary N) is 1. The number of nitrogens with zero attached hydrogens (tertiary/aromatic N) is 2. The molecule has 5 heteroatoms. The number of benzene rings is 1. The van der Waals surface area contributed by atoms with Gasteiger partial charge in [-0.25, -0.2) is 0 Å². The van der Waals surface area contributed by atoms with Crippen LogP contribution in [0.3, 0.4) is 0 Å². The largest absolute Gasteiger partial charge is 0.497 e. The van der Waals surface area contributed by atoms with E-state index < -0.39 is 0 Å². The van der Waals surface area contributed by atoms with Gasteiger partial charge in [0, 0.05) is 18.0 Å². The Bertz CT molecular complexity index is 556. The number of likely N-dealkylation sites (tertiary alicyclic amines) is 1. The van der Waals surface area contributed by atoms with Gasteiger partial charge in [0.25, 0.3) is 0 Å². The van der Waals surface area contributed by atoms with E-state index in [2.05, 4.69) is 48.1 Å². The molecule has 1 saturated heterocycles. The molecule has 134 valence electrons. The first-order valence-corrected chi connectivity index (χ1v) is 8.88. The summed E-state index contributed by atoms with van der Waals surface area (Å²) in [5, 5.41) is 3.30. The number of ether oxygens (including phenoxy) is 1. The molecule has 1 aromatic rings. The van der Waals surface area contributed by atoms with Crippen molar-refractivity contribution in [3.8, 4) is 5.75 Å². The van der Waals surface area contributed by atoms with Crippen LogP contribution in [0.4, 0.5) is 0 Å². The molecule has 5 nitrogen and oxygen atoms in total. The quantitative estimate of drug-likeness (QED) is 0.594. The number of hydrogen-bond donors (Lipinski definition) is 2. The second-order valence-electron chi connectivity index (χ2n) is 7.12. The van der Waals surface area contributed by atoms with Crippen LogP contribution in [0, 0.1) is 0 Å². The monoisotopic (exact) mass is 332 g/mol. The van der Waals surface area contributed by atoms with Gasteiger partial charge in [-0.2, -0.15) is 0 Å². The highest BCUT2D eigenvalue weighted by Gasteiger charge is 2.23. The Balaban J connectivity index is 1.90. The lowest BCUT2D eigenvalue weighted by Crippen LogP contribution is -2.43. The van der Waals surface area contributed by atoms with E-state index in [1.165, 1.54) is 24.9 Å². The molecule has 24 heavy (non-hydrogen) atoms. The van der Waals surface area contributed by atoms with Gasteiger partial charge in [0.15, 0.2) is 5.96 Å². The molecular formula is C19H32N4O. The molecule has 2 rings (SSSR count).